The summed E-state index contributed by atoms with van der Waals surface area (Å²) in [7, 11) is 0. The van der Waals surface area contributed by atoms with Crippen LogP contribution in [0.1, 0.15) is 52.9 Å². The average molecular weight is 250 g/mol. The highest BCUT2D eigenvalue weighted by atomic mass is 15.1. The molecule has 1 aromatic heterocycles. The van der Waals surface area contributed by atoms with Gasteiger partial charge in [0, 0.05) is 24.2 Å². The number of hydrogen-bond donors (Lipinski definition) is 2. The van der Waals surface area contributed by atoms with Crippen molar-refractivity contribution >= 4 is 0 Å². The van der Waals surface area contributed by atoms with Crippen LogP contribution in [0.15, 0.2) is 12.1 Å². The third-order valence-electron chi connectivity index (χ3n) is 2.37. The van der Waals surface area contributed by atoms with Crippen LogP contribution >= 0.6 is 0 Å². The molecule has 0 spiro atoms. The van der Waals surface area contributed by atoms with Gasteiger partial charge < -0.3 is 10.6 Å². The number of rotatable bonds is 4. The van der Waals surface area contributed by atoms with E-state index < -0.39 is 0 Å². The SMILES string of the molecule is CC(C)(C)NCc1ccc(CNC(C)(C)C)nn1. The van der Waals surface area contributed by atoms with Crippen molar-refractivity contribution in [2.24, 2.45) is 0 Å². The van der Waals surface area contributed by atoms with Gasteiger partial charge >= 0.3 is 0 Å². The van der Waals surface area contributed by atoms with Gasteiger partial charge in [0.2, 0.25) is 0 Å². The van der Waals surface area contributed by atoms with E-state index in [0.717, 1.165) is 24.5 Å². The Bertz CT molecular complexity index is 320. The second-order valence-corrected chi connectivity index (χ2v) is 6.72. The molecule has 0 aliphatic rings. The van der Waals surface area contributed by atoms with Crippen molar-refractivity contribution in [3.63, 3.8) is 0 Å². The van der Waals surface area contributed by atoms with Gasteiger partial charge in [0.25, 0.3) is 0 Å². The van der Waals surface area contributed by atoms with Crippen LogP contribution in [0.2, 0.25) is 0 Å². The van der Waals surface area contributed by atoms with Gasteiger partial charge in [0.1, 0.15) is 0 Å². The zero-order chi connectivity index (χ0) is 13.8. The summed E-state index contributed by atoms with van der Waals surface area (Å²) in [5, 5.41) is 15.3. The first-order chi connectivity index (χ1) is 8.16. The fraction of sp³-hybridized carbons (Fsp3) is 0.714. The molecule has 0 atom stereocenters. The molecule has 18 heavy (non-hydrogen) atoms. The van der Waals surface area contributed by atoms with Gasteiger partial charge in [-0.2, -0.15) is 10.2 Å². The molecule has 0 amide bonds. The second-order valence-electron chi connectivity index (χ2n) is 6.72. The van der Waals surface area contributed by atoms with Crippen molar-refractivity contribution < 1.29 is 0 Å². The molecule has 102 valence electrons. The van der Waals surface area contributed by atoms with E-state index in [-0.39, 0.29) is 11.1 Å². The van der Waals surface area contributed by atoms with E-state index in [1.54, 1.807) is 0 Å². The van der Waals surface area contributed by atoms with Gasteiger partial charge in [-0.15, -0.1) is 0 Å². The third kappa shape index (κ3) is 6.67. The molecule has 0 saturated heterocycles. The maximum atomic E-state index is 4.23. The van der Waals surface area contributed by atoms with E-state index in [1.165, 1.54) is 0 Å². The topological polar surface area (TPSA) is 49.8 Å². The molecule has 0 aliphatic heterocycles. The lowest BCUT2D eigenvalue weighted by molar-refractivity contribution is 0.414. The molecule has 0 aromatic carbocycles. The minimum atomic E-state index is 0.105. The second kappa shape index (κ2) is 5.76. The van der Waals surface area contributed by atoms with Crippen molar-refractivity contribution in [3.05, 3.63) is 23.5 Å². The molecular weight excluding hydrogens is 224 g/mol. The molecular formula is C14H26N4. The summed E-state index contributed by atoms with van der Waals surface area (Å²) in [6.07, 6.45) is 0. The number of aromatic nitrogens is 2. The van der Waals surface area contributed by atoms with Gasteiger partial charge in [-0.05, 0) is 53.7 Å². The summed E-state index contributed by atoms with van der Waals surface area (Å²) in [5.74, 6) is 0. The van der Waals surface area contributed by atoms with Crippen molar-refractivity contribution in [3.8, 4) is 0 Å². The predicted molar refractivity (Wildman–Crippen MR) is 75.2 cm³/mol. The van der Waals surface area contributed by atoms with Crippen LogP contribution in [0, 0.1) is 0 Å². The van der Waals surface area contributed by atoms with Gasteiger partial charge in [-0.3, -0.25) is 0 Å². The summed E-state index contributed by atoms with van der Waals surface area (Å²) < 4.78 is 0. The minimum absolute atomic E-state index is 0.105. The summed E-state index contributed by atoms with van der Waals surface area (Å²) in [6.45, 7) is 14.4. The summed E-state index contributed by atoms with van der Waals surface area (Å²) >= 11 is 0. The fourth-order valence-corrected chi connectivity index (χ4v) is 1.29. The minimum Gasteiger partial charge on any atom is -0.306 e. The standard InChI is InChI=1S/C14H26N4/c1-13(2,3)15-9-11-7-8-12(18-17-11)10-16-14(4,5)6/h7-8,15-16H,9-10H2,1-6H3. The molecule has 4 nitrogen and oxygen atoms in total. The molecule has 1 aromatic rings. The van der Waals surface area contributed by atoms with Crippen LogP contribution in [-0.4, -0.2) is 21.3 Å². The molecule has 0 bridgehead atoms. The monoisotopic (exact) mass is 250 g/mol. The van der Waals surface area contributed by atoms with Crippen molar-refractivity contribution in [2.75, 3.05) is 0 Å². The van der Waals surface area contributed by atoms with Gasteiger partial charge in [0.15, 0.2) is 0 Å². The first-order valence-electron chi connectivity index (χ1n) is 6.47. The van der Waals surface area contributed by atoms with Gasteiger partial charge in [-0.1, -0.05) is 0 Å². The number of nitrogens with one attached hydrogen (secondary N) is 2. The van der Waals surface area contributed by atoms with Gasteiger partial charge in [0.05, 0.1) is 11.4 Å². The van der Waals surface area contributed by atoms with E-state index in [0.29, 0.717) is 0 Å². The Labute approximate surface area is 111 Å². The Balaban J connectivity index is 2.48. The van der Waals surface area contributed by atoms with Crippen LogP contribution in [0.5, 0.6) is 0 Å². The first-order valence-corrected chi connectivity index (χ1v) is 6.47. The Morgan fingerprint density at radius 2 is 1.11 bits per heavy atom. The molecule has 0 radical (unpaired) electrons. The Morgan fingerprint density at radius 3 is 1.33 bits per heavy atom. The van der Waals surface area contributed by atoms with Crippen molar-refractivity contribution in [2.45, 2.75) is 65.7 Å². The highest BCUT2D eigenvalue weighted by Crippen LogP contribution is 2.04. The molecule has 0 aliphatic carbocycles. The zero-order valence-electron chi connectivity index (χ0n) is 12.5. The molecule has 0 saturated carbocycles. The normalized spacial score (nSPS) is 12.8. The molecule has 0 fully saturated rings. The molecule has 0 unspecified atom stereocenters. The zero-order valence-corrected chi connectivity index (χ0v) is 12.5. The third-order valence-corrected chi connectivity index (χ3v) is 2.37. The lowest BCUT2D eigenvalue weighted by Gasteiger charge is -2.21. The van der Waals surface area contributed by atoms with Crippen molar-refractivity contribution in [1.82, 2.24) is 20.8 Å². The predicted octanol–water partition coefficient (Wildman–Crippen LogP) is 2.25. The lowest BCUT2D eigenvalue weighted by atomic mass is 10.1. The van der Waals surface area contributed by atoms with Crippen LogP contribution in [-0.2, 0) is 13.1 Å². The van der Waals surface area contributed by atoms with Crippen LogP contribution in [0.3, 0.4) is 0 Å². The first kappa shape index (κ1) is 15.1. The van der Waals surface area contributed by atoms with E-state index in [2.05, 4.69) is 62.4 Å². The molecule has 1 heterocycles. The van der Waals surface area contributed by atoms with Crippen LogP contribution in [0.25, 0.3) is 0 Å². The van der Waals surface area contributed by atoms with Crippen LogP contribution < -0.4 is 10.6 Å². The Kier molecular flexibility index (Phi) is 4.82. The average Bonchev–Trinajstić information content (AvgIpc) is 2.23. The van der Waals surface area contributed by atoms with E-state index in [9.17, 15) is 0 Å². The highest BCUT2D eigenvalue weighted by Gasteiger charge is 2.10. The van der Waals surface area contributed by atoms with E-state index >= 15 is 0 Å². The number of nitrogens with zero attached hydrogens (tertiary/aromatic N) is 2. The Hall–Kier alpha value is -1.00. The van der Waals surface area contributed by atoms with Gasteiger partial charge in [-0.25, -0.2) is 0 Å². The quantitative estimate of drug-likeness (QED) is 0.860. The summed E-state index contributed by atoms with van der Waals surface area (Å²) in [5.41, 5.74) is 2.16. The van der Waals surface area contributed by atoms with E-state index in [4.69, 9.17) is 0 Å². The van der Waals surface area contributed by atoms with Crippen LogP contribution in [0.4, 0.5) is 0 Å². The molecule has 4 heteroatoms. The fourth-order valence-electron chi connectivity index (χ4n) is 1.29. The van der Waals surface area contributed by atoms with Crippen molar-refractivity contribution in [1.29, 1.82) is 0 Å². The highest BCUT2D eigenvalue weighted by molar-refractivity contribution is 5.07. The van der Waals surface area contributed by atoms with E-state index in [1.807, 2.05) is 12.1 Å². The number of hydrogen-bond acceptors (Lipinski definition) is 4. The summed E-state index contributed by atoms with van der Waals surface area (Å²) in [4.78, 5) is 0. The molecule has 2 N–H and O–H groups in total. The Morgan fingerprint density at radius 1 is 0.778 bits per heavy atom. The largest absolute Gasteiger partial charge is 0.306 e. The maximum Gasteiger partial charge on any atom is 0.0769 e. The molecule has 1 rings (SSSR count). The smallest absolute Gasteiger partial charge is 0.0769 e. The lowest BCUT2D eigenvalue weighted by Crippen LogP contribution is -2.36. The maximum absolute atomic E-state index is 4.23. The summed E-state index contributed by atoms with van der Waals surface area (Å²) in [6, 6.07) is 4.07.